The quantitative estimate of drug-likeness (QED) is 0.463. The van der Waals surface area contributed by atoms with Gasteiger partial charge in [0.2, 0.25) is 5.91 Å². The van der Waals surface area contributed by atoms with E-state index in [-0.39, 0.29) is 17.2 Å². The molecule has 0 saturated carbocycles. The predicted molar refractivity (Wildman–Crippen MR) is 115 cm³/mol. The minimum Gasteiger partial charge on any atom is -0.306 e. The van der Waals surface area contributed by atoms with Gasteiger partial charge in [-0.25, -0.2) is 0 Å². The number of nitrogens with zero attached hydrogens (tertiary/aromatic N) is 1. The molecular weight excluding hydrogens is 362 g/mol. The van der Waals surface area contributed by atoms with E-state index in [0.29, 0.717) is 0 Å². The molecule has 1 amide bonds. The molecule has 2 aliphatic rings. The molecule has 1 unspecified atom stereocenters. The number of hydrogen-bond donors (Lipinski definition) is 0. The minimum atomic E-state index is -0.514. The number of benzene rings is 3. The van der Waals surface area contributed by atoms with Crippen LogP contribution in [-0.4, -0.2) is 21.9 Å². The lowest BCUT2D eigenvalue weighted by Crippen LogP contribution is -2.65. The zero-order valence-corrected chi connectivity index (χ0v) is 16.3. The molecule has 0 radical (unpaired) electrons. The molecule has 28 heavy (non-hydrogen) atoms. The van der Waals surface area contributed by atoms with Crippen molar-refractivity contribution in [2.45, 2.75) is 10.8 Å². The first-order valence-corrected chi connectivity index (χ1v) is 10.7. The van der Waals surface area contributed by atoms with Gasteiger partial charge in [0.25, 0.3) is 0 Å². The Morgan fingerprint density at radius 1 is 0.750 bits per heavy atom. The summed E-state index contributed by atoms with van der Waals surface area (Å²) in [4.78, 5) is 15.3. The summed E-state index contributed by atoms with van der Waals surface area (Å²) < 4.78 is 0. The number of β-lactam (4-membered cyclic amide) rings is 1. The van der Waals surface area contributed by atoms with Gasteiger partial charge in [0.05, 0.1) is 16.7 Å². The van der Waals surface area contributed by atoms with E-state index in [4.69, 9.17) is 0 Å². The maximum Gasteiger partial charge on any atom is 0.235 e. The highest BCUT2D eigenvalue weighted by atomic mass is 32.2. The Morgan fingerprint density at radius 3 is 1.68 bits per heavy atom. The van der Waals surface area contributed by atoms with Crippen LogP contribution >= 0.6 is 11.8 Å². The van der Waals surface area contributed by atoms with Gasteiger partial charge in [-0.15, -0.1) is 11.8 Å². The predicted octanol–water partition coefficient (Wildman–Crippen LogP) is 5.07. The van der Waals surface area contributed by atoms with E-state index in [2.05, 4.69) is 78.9 Å². The highest BCUT2D eigenvalue weighted by molar-refractivity contribution is 8.00. The van der Waals surface area contributed by atoms with Gasteiger partial charge >= 0.3 is 0 Å². The van der Waals surface area contributed by atoms with Crippen LogP contribution in [0.5, 0.6) is 0 Å². The van der Waals surface area contributed by atoms with Crippen molar-refractivity contribution in [1.29, 1.82) is 0 Å². The van der Waals surface area contributed by atoms with Crippen molar-refractivity contribution in [3.8, 4) is 0 Å². The fraction of sp³-hybridized carbons (Fsp3) is 0.160. The fourth-order valence-electron chi connectivity index (χ4n) is 4.67. The molecule has 2 aliphatic heterocycles. The van der Waals surface area contributed by atoms with E-state index in [1.807, 2.05) is 41.1 Å². The summed E-state index contributed by atoms with van der Waals surface area (Å²) in [7, 11) is 0. The first kappa shape index (κ1) is 17.3. The first-order chi connectivity index (χ1) is 13.8. The van der Waals surface area contributed by atoms with Crippen molar-refractivity contribution in [2.24, 2.45) is 5.92 Å². The number of hydrogen-bond acceptors (Lipinski definition) is 2. The number of amides is 1. The van der Waals surface area contributed by atoms with Gasteiger partial charge in [0.1, 0.15) is 0 Å². The molecule has 5 rings (SSSR count). The zero-order valence-electron chi connectivity index (χ0n) is 15.4. The SMILES string of the molecule is O=C1C(C(c2ccccc2)(c2ccccc2)c2ccccc2)[C@@H]2SCC=CN12. The highest BCUT2D eigenvalue weighted by Crippen LogP contribution is 2.55. The number of fused-ring (bicyclic) bond motifs is 1. The molecule has 3 aromatic carbocycles. The van der Waals surface area contributed by atoms with Gasteiger partial charge < -0.3 is 4.90 Å². The Kier molecular flexibility index (Phi) is 4.33. The maximum atomic E-state index is 13.4. The minimum absolute atomic E-state index is 0.144. The third-order valence-corrected chi connectivity index (χ3v) is 7.09. The molecule has 3 heteroatoms. The normalized spacial score (nSPS) is 21.1. The molecule has 3 aromatic rings. The second-order valence-corrected chi connectivity index (χ2v) is 8.39. The van der Waals surface area contributed by atoms with Crippen LogP contribution in [0.15, 0.2) is 103 Å². The van der Waals surface area contributed by atoms with Crippen molar-refractivity contribution in [3.05, 3.63) is 120 Å². The van der Waals surface area contributed by atoms with Gasteiger partial charge in [0.15, 0.2) is 0 Å². The van der Waals surface area contributed by atoms with E-state index in [9.17, 15) is 4.79 Å². The van der Waals surface area contributed by atoms with Crippen molar-refractivity contribution in [1.82, 2.24) is 4.90 Å². The molecule has 138 valence electrons. The summed E-state index contributed by atoms with van der Waals surface area (Å²) in [6.07, 6.45) is 4.04. The zero-order chi connectivity index (χ0) is 19.0. The van der Waals surface area contributed by atoms with Crippen molar-refractivity contribution in [3.63, 3.8) is 0 Å². The molecule has 0 aromatic heterocycles. The third-order valence-electron chi connectivity index (χ3n) is 5.86. The molecule has 2 atom stereocenters. The monoisotopic (exact) mass is 383 g/mol. The molecule has 2 heterocycles. The first-order valence-electron chi connectivity index (χ1n) is 9.60. The van der Waals surface area contributed by atoms with Crippen LogP contribution in [0.25, 0.3) is 0 Å². The Labute approximate surface area is 169 Å². The lowest BCUT2D eigenvalue weighted by atomic mass is 9.59. The fourth-order valence-corrected chi connectivity index (χ4v) is 5.91. The van der Waals surface area contributed by atoms with Crippen molar-refractivity contribution in [2.75, 3.05) is 5.75 Å². The van der Waals surface area contributed by atoms with Crippen LogP contribution < -0.4 is 0 Å². The van der Waals surface area contributed by atoms with Crippen molar-refractivity contribution < 1.29 is 4.79 Å². The molecular formula is C25H21NOS. The number of rotatable bonds is 4. The summed E-state index contributed by atoms with van der Waals surface area (Å²) in [5, 5.41) is 0.151. The summed E-state index contributed by atoms with van der Waals surface area (Å²) in [6.45, 7) is 0. The highest BCUT2D eigenvalue weighted by Gasteiger charge is 2.60. The summed E-state index contributed by atoms with van der Waals surface area (Å²) in [6, 6.07) is 31.6. The Bertz CT molecular complexity index is 904. The van der Waals surface area contributed by atoms with E-state index in [0.717, 1.165) is 5.75 Å². The molecule has 0 N–H and O–H groups in total. The number of thioether (sulfide) groups is 1. The molecule has 0 spiro atoms. The Morgan fingerprint density at radius 2 is 1.21 bits per heavy atom. The van der Waals surface area contributed by atoms with Crippen LogP contribution in [0.3, 0.4) is 0 Å². The van der Waals surface area contributed by atoms with Crippen LogP contribution in [-0.2, 0) is 10.2 Å². The van der Waals surface area contributed by atoms with Gasteiger partial charge in [-0.1, -0.05) is 97.1 Å². The summed E-state index contributed by atoms with van der Waals surface area (Å²) >= 11 is 1.85. The van der Waals surface area contributed by atoms with Crippen molar-refractivity contribution >= 4 is 17.7 Å². The Balaban J connectivity index is 1.81. The standard InChI is InChI=1S/C25H21NOS/c27-23-22(24-26(23)17-10-18-28-24)25(19-11-4-1-5-12-19,20-13-6-2-7-14-20)21-15-8-3-9-16-21/h1-17,22,24H,18H2/t22?,24-/m0/s1. The van der Waals surface area contributed by atoms with E-state index in [1.54, 1.807) is 0 Å². The largest absolute Gasteiger partial charge is 0.306 e. The second kappa shape index (κ2) is 6.99. The van der Waals surface area contributed by atoms with Gasteiger partial charge in [0, 0.05) is 12.0 Å². The summed E-state index contributed by atoms with van der Waals surface area (Å²) in [5.41, 5.74) is 2.99. The van der Waals surface area contributed by atoms with E-state index in [1.165, 1.54) is 16.7 Å². The molecule has 1 fully saturated rings. The molecule has 0 aliphatic carbocycles. The molecule has 1 saturated heterocycles. The smallest absolute Gasteiger partial charge is 0.235 e. The second-order valence-electron chi connectivity index (χ2n) is 7.24. The third kappa shape index (κ3) is 2.46. The van der Waals surface area contributed by atoms with Gasteiger partial charge in [-0.3, -0.25) is 4.79 Å². The Hall–Kier alpha value is -2.78. The van der Waals surface area contributed by atoms with Crippen LogP contribution in [0, 0.1) is 5.92 Å². The number of carbonyl (C=O) groups excluding carboxylic acids is 1. The average molecular weight is 384 g/mol. The number of carbonyl (C=O) groups is 1. The van der Waals surface area contributed by atoms with E-state index >= 15 is 0 Å². The lowest BCUT2D eigenvalue weighted by Gasteiger charge is -2.55. The summed E-state index contributed by atoms with van der Waals surface area (Å²) in [5.74, 6) is 0.999. The molecule has 0 bridgehead atoms. The topological polar surface area (TPSA) is 20.3 Å². The van der Waals surface area contributed by atoms with Gasteiger partial charge in [-0.2, -0.15) is 0 Å². The van der Waals surface area contributed by atoms with E-state index < -0.39 is 5.41 Å². The maximum absolute atomic E-state index is 13.4. The molecule has 2 nitrogen and oxygen atoms in total. The van der Waals surface area contributed by atoms with Crippen LogP contribution in [0.2, 0.25) is 0 Å². The van der Waals surface area contributed by atoms with Crippen LogP contribution in [0.1, 0.15) is 16.7 Å². The lowest BCUT2D eigenvalue weighted by molar-refractivity contribution is -0.148. The average Bonchev–Trinajstić information content (AvgIpc) is 2.79. The van der Waals surface area contributed by atoms with Crippen LogP contribution in [0.4, 0.5) is 0 Å². The van der Waals surface area contributed by atoms with Gasteiger partial charge in [-0.05, 0) is 16.7 Å².